The van der Waals surface area contributed by atoms with Crippen LogP contribution in [0.25, 0.3) is 22.6 Å². The summed E-state index contributed by atoms with van der Waals surface area (Å²) in [6.45, 7) is 6.92. The van der Waals surface area contributed by atoms with Crippen LogP contribution in [0.3, 0.4) is 0 Å². The fraction of sp³-hybridized carbons (Fsp3) is 0.542. The molecule has 3 rings (SSSR count). The van der Waals surface area contributed by atoms with Gasteiger partial charge in [-0.25, -0.2) is 9.97 Å². The van der Waals surface area contributed by atoms with E-state index in [2.05, 4.69) is 30.7 Å². The molecule has 0 spiro atoms. The first-order valence-corrected chi connectivity index (χ1v) is 11.3. The molecule has 0 aliphatic rings. The molecule has 1 aromatic carbocycles. The molecule has 2 heterocycles. The smallest absolute Gasteiger partial charge is 0.279 e. The van der Waals surface area contributed by atoms with Crippen LogP contribution in [0.4, 0.5) is 0 Å². The van der Waals surface area contributed by atoms with E-state index in [-0.39, 0.29) is 17.7 Å². The predicted molar refractivity (Wildman–Crippen MR) is 124 cm³/mol. The van der Waals surface area contributed by atoms with E-state index >= 15 is 0 Å². The number of nitrogens with zero attached hydrogens (tertiary/aromatic N) is 3. The summed E-state index contributed by atoms with van der Waals surface area (Å²) in [5, 5.41) is 0. The van der Waals surface area contributed by atoms with Gasteiger partial charge in [-0.3, -0.25) is 4.79 Å². The van der Waals surface area contributed by atoms with Crippen LogP contribution in [0.15, 0.2) is 35.4 Å². The lowest BCUT2D eigenvalue weighted by molar-refractivity contribution is 0.0677. The molecule has 2 aromatic heterocycles. The molecule has 2 unspecified atom stereocenters. The number of benzene rings is 1. The first-order valence-electron chi connectivity index (χ1n) is 11.3. The lowest BCUT2D eigenvalue weighted by Gasteiger charge is -2.24. The normalized spacial score (nSPS) is 13.4. The van der Waals surface area contributed by atoms with Gasteiger partial charge in [0, 0.05) is 7.11 Å². The highest BCUT2D eigenvalue weighted by Crippen LogP contribution is 2.29. The van der Waals surface area contributed by atoms with E-state index in [4.69, 9.17) is 14.5 Å². The Morgan fingerprint density at radius 1 is 1.13 bits per heavy atom. The summed E-state index contributed by atoms with van der Waals surface area (Å²) in [6.07, 6.45) is 8.22. The Morgan fingerprint density at radius 2 is 1.94 bits per heavy atom. The average Bonchev–Trinajstić information content (AvgIpc) is 3.21. The molecule has 0 fully saturated rings. The number of aromatic nitrogens is 4. The van der Waals surface area contributed by atoms with Crippen LogP contribution in [0.2, 0.25) is 0 Å². The van der Waals surface area contributed by atoms with Gasteiger partial charge in [0.15, 0.2) is 11.2 Å². The molecule has 0 amide bonds. The number of hydrogen-bond donors (Lipinski definition) is 1. The third-order valence-electron chi connectivity index (χ3n) is 5.66. The molecule has 0 saturated heterocycles. The summed E-state index contributed by atoms with van der Waals surface area (Å²) >= 11 is 0. The molecule has 2 atom stereocenters. The standard InChI is InChI=1S/C24H34N4O3/c1-5-7-8-9-13-19(17(3)30-4)28-16-25-21-23(28)26-22(27-24(21)29)18-12-10-11-14-20(18)31-15-6-2/h10-12,14,16-17,19H,5-9,13,15H2,1-4H3,(H,26,27,29). The zero-order valence-corrected chi connectivity index (χ0v) is 19.1. The Morgan fingerprint density at radius 3 is 2.68 bits per heavy atom. The predicted octanol–water partition coefficient (Wildman–Crippen LogP) is 5.12. The van der Waals surface area contributed by atoms with Crippen molar-refractivity contribution in [2.75, 3.05) is 13.7 Å². The maximum atomic E-state index is 12.8. The second kappa shape index (κ2) is 11.1. The summed E-state index contributed by atoms with van der Waals surface area (Å²) in [6, 6.07) is 7.70. The van der Waals surface area contributed by atoms with Crippen LogP contribution in [-0.2, 0) is 4.74 Å². The number of imidazole rings is 1. The molecule has 1 N–H and O–H groups in total. The summed E-state index contributed by atoms with van der Waals surface area (Å²) in [5.74, 6) is 1.19. The van der Waals surface area contributed by atoms with Crippen molar-refractivity contribution < 1.29 is 9.47 Å². The molecule has 0 aliphatic carbocycles. The number of nitrogens with one attached hydrogen (secondary N) is 1. The van der Waals surface area contributed by atoms with Crippen molar-refractivity contribution in [1.82, 2.24) is 19.5 Å². The van der Waals surface area contributed by atoms with Crippen LogP contribution >= 0.6 is 0 Å². The summed E-state index contributed by atoms with van der Waals surface area (Å²) in [4.78, 5) is 24.9. The van der Waals surface area contributed by atoms with Crippen LogP contribution in [0.5, 0.6) is 5.75 Å². The molecule has 0 radical (unpaired) electrons. The van der Waals surface area contributed by atoms with Gasteiger partial charge in [-0.05, 0) is 31.9 Å². The van der Waals surface area contributed by atoms with Gasteiger partial charge in [0.1, 0.15) is 11.6 Å². The Bertz CT molecular complexity index is 1030. The highest BCUT2D eigenvalue weighted by molar-refractivity contribution is 5.74. The number of ether oxygens (including phenoxy) is 2. The van der Waals surface area contributed by atoms with E-state index in [9.17, 15) is 4.79 Å². The minimum absolute atomic E-state index is 0.0243. The second-order valence-electron chi connectivity index (χ2n) is 7.94. The maximum Gasteiger partial charge on any atom is 0.279 e. The highest BCUT2D eigenvalue weighted by atomic mass is 16.5. The molecule has 0 saturated carbocycles. The van der Waals surface area contributed by atoms with Crippen molar-refractivity contribution in [3.05, 3.63) is 40.9 Å². The minimum atomic E-state index is -0.251. The van der Waals surface area contributed by atoms with Crippen LogP contribution in [-0.4, -0.2) is 39.3 Å². The highest BCUT2D eigenvalue weighted by Gasteiger charge is 2.23. The third kappa shape index (κ3) is 5.34. The molecule has 0 aliphatic heterocycles. The quantitative estimate of drug-likeness (QED) is 0.406. The number of aromatic amines is 1. The lowest BCUT2D eigenvalue weighted by atomic mass is 10.0. The second-order valence-corrected chi connectivity index (χ2v) is 7.94. The number of unbranched alkanes of at least 4 members (excludes halogenated alkanes) is 3. The van der Waals surface area contributed by atoms with E-state index in [1.54, 1.807) is 13.4 Å². The minimum Gasteiger partial charge on any atom is -0.493 e. The van der Waals surface area contributed by atoms with E-state index in [1.165, 1.54) is 19.3 Å². The van der Waals surface area contributed by atoms with E-state index < -0.39 is 0 Å². The van der Waals surface area contributed by atoms with Gasteiger partial charge in [-0.15, -0.1) is 0 Å². The van der Waals surface area contributed by atoms with E-state index in [0.29, 0.717) is 29.3 Å². The van der Waals surface area contributed by atoms with Gasteiger partial charge in [0.25, 0.3) is 5.56 Å². The van der Waals surface area contributed by atoms with Crippen molar-refractivity contribution in [2.24, 2.45) is 0 Å². The Labute approximate surface area is 183 Å². The van der Waals surface area contributed by atoms with Crippen molar-refractivity contribution in [3.8, 4) is 17.1 Å². The molecule has 7 nitrogen and oxygen atoms in total. The van der Waals surface area contributed by atoms with Crippen LogP contribution < -0.4 is 10.3 Å². The zero-order valence-electron chi connectivity index (χ0n) is 19.1. The molecular formula is C24H34N4O3. The van der Waals surface area contributed by atoms with Gasteiger partial charge in [-0.2, -0.15) is 0 Å². The molecule has 0 bridgehead atoms. The van der Waals surface area contributed by atoms with Crippen molar-refractivity contribution >= 4 is 11.2 Å². The number of H-pyrrole nitrogens is 1. The first kappa shape index (κ1) is 23.0. The van der Waals surface area contributed by atoms with Crippen LogP contribution in [0, 0.1) is 0 Å². The summed E-state index contributed by atoms with van der Waals surface area (Å²) in [7, 11) is 1.72. The van der Waals surface area contributed by atoms with Gasteiger partial charge in [0.05, 0.1) is 30.6 Å². The fourth-order valence-corrected chi connectivity index (χ4v) is 3.83. The van der Waals surface area contributed by atoms with E-state index in [1.807, 2.05) is 28.8 Å². The number of hydrogen-bond acceptors (Lipinski definition) is 5. The lowest BCUT2D eigenvalue weighted by Crippen LogP contribution is -2.24. The monoisotopic (exact) mass is 426 g/mol. The Kier molecular flexibility index (Phi) is 8.23. The summed E-state index contributed by atoms with van der Waals surface area (Å²) < 4.78 is 13.6. The van der Waals surface area contributed by atoms with Crippen molar-refractivity contribution in [2.45, 2.75) is 71.4 Å². The van der Waals surface area contributed by atoms with Crippen molar-refractivity contribution in [3.63, 3.8) is 0 Å². The zero-order chi connectivity index (χ0) is 22.2. The summed E-state index contributed by atoms with van der Waals surface area (Å²) in [5.41, 5.74) is 1.44. The molecule has 3 aromatic rings. The number of rotatable bonds is 12. The fourth-order valence-electron chi connectivity index (χ4n) is 3.83. The van der Waals surface area contributed by atoms with Crippen LogP contribution in [0.1, 0.15) is 65.3 Å². The van der Waals surface area contributed by atoms with Crippen molar-refractivity contribution in [1.29, 1.82) is 0 Å². The van der Waals surface area contributed by atoms with Gasteiger partial charge >= 0.3 is 0 Å². The maximum absolute atomic E-state index is 12.8. The molecular weight excluding hydrogens is 392 g/mol. The molecule has 168 valence electrons. The van der Waals surface area contributed by atoms with E-state index in [0.717, 1.165) is 24.8 Å². The molecule has 7 heteroatoms. The molecule has 31 heavy (non-hydrogen) atoms. The first-order chi connectivity index (χ1) is 15.1. The Hall–Kier alpha value is -2.67. The Balaban J connectivity index is 2.03. The number of methoxy groups -OCH3 is 1. The van der Waals surface area contributed by atoms with Gasteiger partial charge in [-0.1, -0.05) is 51.7 Å². The number of para-hydroxylation sites is 1. The topological polar surface area (TPSA) is 82.0 Å². The van der Waals surface area contributed by atoms with Gasteiger partial charge in [0.2, 0.25) is 0 Å². The third-order valence-corrected chi connectivity index (χ3v) is 5.66. The van der Waals surface area contributed by atoms with Gasteiger partial charge < -0.3 is 19.0 Å². The number of fused-ring (bicyclic) bond motifs is 1. The SMILES string of the molecule is CCCCCCC(C(C)OC)n1cnc2c(=O)[nH]c(-c3ccccc3OCCC)nc21. The average molecular weight is 427 g/mol. The largest absolute Gasteiger partial charge is 0.493 e.